The molecule has 2 aromatic carbocycles. The molecule has 1 heterocycles. The molecule has 5 nitrogen and oxygen atoms in total. The zero-order chi connectivity index (χ0) is 16.1. The van der Waals surface area contributed by atoms with Crippen LogP contribution in [0.1, 0.15) is 16.1 Å². The van der Waals surface area contributed by atoms with Gasteiger partial charge >= 0.3 is 0 Å². The van der Waals surface area contributed by atoms with E-state index in [1.165, 1.54) is 7.11 Å². The monoisotopic (exact) mass is 308 g/mol. The summed E-state index contributed by atoms with van der Waals surface area (Å²) in [4.78, 5) is 12.2. The highest BCUT2D eigenvalue weighted by atomic mass is 16.5. The number of amides is 1. The van der Waals surface area contributed by atoms with Crippen LogP contribution >= 0.6 is 0 Å². The minimum atomic E-state index is -0.222. The van der Waals surface area contributed by atoms with E-state index in [4.69, 9.17) is 9.26 Å². The lowest BCUT2D eigenvalue weighted by Gasteiger charge is -2.07. The molecule has 0 bridgehead atoms. The summed E-state index contributed by atoms with van der Waals surface area (Å²) in [5, 5.41) is 6.82. The van der Waals surface area contributed by atoms with Crippen LogP contribution in [0.5, 0.6) is 5.75 Å². The summed E-state index contributed by atoms with van der Waals surface area (Å²) in [5.74, 6) is 0.903. The van der Waals surface area contributed by atoms with Crippen LogP contribution in [-0.2, 0) is 6.54 Å². The fourth-order valence-corrected chi connectivity index (χ4v) is 2.24. The quantitative estimate of drug-likeness (QED) is 0.785. The molecule has 23 heavy (non-hydrogen) atoms. The van der Waals surface area contributed by atoms with Crippen LogP contribution in [0, 0.1) is 0 Å². The lowest BCUT2D eigenvalue weighted by Crippen LogP contribution is -2.23. The minimum absolute atomic E-state index is 0.222. The Morgan fingerprint density at radius 2 is 1.87 bits per heavy atom. The molecule has 116 valence electrons. The number of hydrogen-bond acceptors (Lipinski definition) is 4. The van der Waals surface area contributed by atoms with Gasteiger partial charge in [0.15, 0.2) is 5.76 Å². The number of rotatable bonds is 5. The van der Waals surface area contributed by atoms with E-state index in [2.05, 4.69) is 10.5 Å². The first kappa shape index (κ1) is 14.8. The second-order valence-corrected chi connectivity index (χ2v) is 4.93. The Morgan fingerprint density at radius 1 is 1.13 bits per heavy atom. The minimum Gasteiger partial charge on any atom is -0.496 e. The molecule has 0 spiro atoms. The first-order chi connectivity index (χ1) is 11.3. The van der Waals surface area contributed by atoms with E-state index in [1.807, 2.05) is 42.5 Å². The highest BCUT2D eigenvalue weighted by Crippen LogP contribution is 2.19. The maximum absolute atomic E-state index is 12.2. The number of methoxy groups -OCH3 is 1. The van der Waals surface area contributed by atoms with Gasteiger partial charge in [0.1, 0.15) is 11.4 Å². The van der Waals surface area contributed by atoms with Crippen molar-refractivity contribution in [2.45, 2.75) is 6.54 Å². The zero-order valence-corrected chi connectivity index (χ0v) is 12.7. The number of carbonyl (C=O) groups is 1. The normalized spacial score (nSPS) is 10.3. The van der Waals surface area contributed by atoms with Gasteiger partial charge in [0.05, 0.1) is 19.2 Å². The van der Waals surface area contributed by atoms with Crippen molar-refractivity contribution in [1.82, 2.24) is 10.5 Å². The SMILES string of the molecule is COc1ccccc1C(=O)NCc1cc(-c2ccccc2)no1. The smallest absolute Gasteiger partial charge is 0.255 e. The Labute approximate surface area is 133 Å². The van der Waals surface area contributed by atoms with Crippen LogP contribution in [0.2, 0.25) is 0 Å². The number of hydrogen-bond donors (Lipinski definition) is 1. The van der Waals surface area contributed by atoms with Gasteiger partial charge in [-0.25, -0.2) is 0 Å². The second-order valence-electron chi connectivity index (χ2n) is 4.93. The van der Waals surface area contributed by atoms with Gasteiger partial charge in [-0.1, -0.05) is 47.6 Å². The van der Waals surface area contributed by atoms with Gasteiger partial charge in [0.25, 0.3) is 5.91 Å². The molecule has 0 saturated carbocycles. The Bertz CT molecular complexity index is 797. The summed E-state index contributed by atoms with van der Waals surface area (Å²) in [6.07, 6.45) is 0. The van der Waals surface area contributed by atoms with E-state index in [0.717, 1.165) is 11.3 Å². The van der Waals surface area contributed by atoms with Gasteiger partial charge in [0, 0.05) is 11.6 Å². The molecule has 0 saturated heterocycles. The average molecular weight is 308 g/mol. The van der Waals surface area contributed by atoms with Gasteiger partial charge in [-0.05, 0) is 12.1 Å². The van der Waals surface area contributed by atoms with Crippen LogP contribution in [0.25, 0.3) is 11.3 Å². The fraction of sp³-hybridized carbons (Fsp3) is 0.111. The predicted molar refractivity (Wildman–Crippen MR) is 86.1 cm³/mol. The Morgan fingerprint density at radius 3 is 2.65 bits per heavy atom. The third-order valence-electron chi connectivity index (χ3n) is 3.40. The maximum Gasteiger partial charge on any atom is 0.255 e. The summed E-state index contributed by atoms with van der Waals surface area (Å²) in [6, 6.07) is 18.6. The zero-order valence-electron chi connectivity index (χ0n) is 12.7. The highest BCUT2D eigenvalue weighted by Gasteiger charge is 2.12. The first-order valence-corrected chi connectivity index (χ1v) is 7.20. The lowest BCUT2D eigenvalue weighted by atomic mass is 10.1. The standard InChI is InChI=1S/C18H16N2O3/c1-22-17-10-6-5-9-15(17)18(21)19-12-14-11-16(20-23-14)13-7-3-2-4-8-13/h2-11H,12H2,1H3,(H,19,21). The van der Waals surface area contributed by atoms with Crippen molar-refractivity contribution in [3.05, 3.63) is 72.0 Å². The van der Waals surface area contributed by atoms with Crippen molar-refractivity contribution < 1.29 is 14.1 Å². The van der Waals surface area contributed by atoms with Crippen LogP contribution in [0.15, 0.2) is 65.2 Å². The van der Waals surface area contributed by atoms with Crippen LogP contribution in [-0.4, -0.2) is 18.2 Å². The second kappa shape index (κ2) is 6.79. The Hall–Kier alpha value is -3.08. The van der Waals surface area contributed by atoms with Crippen molar-refractivity contribution in [2.75, 3.05) is 7.11 Å². The van der Waals surface area contributed by atoms with Gasteiger partial charge in [-0.2, -0.15) is 0 Å². The van der Waals surface area contributed by atoms with E-state index in [-0.39, 0.29) is 12.5 Å². The van der Waals surface area contributed by atoms with Crippen molar-refractivity contribution in [2.24, 2.45) is 0 Å². The average Bonchev–Trinajstić information content (AvgIpc) is 3.09. The van der Waals surface area contributed by atoms with E-state index in [0.29, 0.717) is 17.1 Å². The molecule has 0 radical (unpaired) electrons. The van der Waals surface area contributed by atoms with Crippen molar-refractivity contribution >= 4 is 5.91 Å². The van der Waals surface area contributed by atoms with Crippen LogP contribution < -0.4 is 10.1 Å². The molecular formula is C18H16N2O3. The summed E-state index contributed by atoms with van der Waals surface area (Å²) < 4.78 is 10.4. The van der Waals surface area contributed by atoms with Crippen molar-refractivity contribution in [3.8, 4) is 17.0 Å². The molecule has 1 aromatic heterocycles. The molecular weight excluding hydrogens is 292 g/mol. The third-order valence-corrected chi connectivity index (χ3v) is 3.40. The molecule has 0 aliphatic carbocycles. The first-order valence-electron chi connectivity index (χ1n) is 7.20. The van der Waals surface area contributed by atoms with Crippen LogP contribution in [0.4, 0.5) is 0 Å². The Balaban J connectivity index is 1.67. The number of nitrogens with zero attached hydrogens (tertiary/aromatic N) is 1. The lowest BCUT2D eigenvalue weighted by molar-refractivity contribution is 0.0944. The molecule has 0 fully saturated rings. The summed E-state index contributed by atoms with van der Waals surface area (Å²) in [6.45, 7) is 0.261. The van der Waals surface area contributed by atoms with Crippen molar-refractivity contribution in [3.63, 3.8) is 0 Å². The predicted octanol–water partition coefficient (Wildman–Crippen LogP) is 3.28. The number of ether oxygens (including phenoxy) is 1. The highest BCUT2D eigenvalue weighted by molar-refractivity contribution is 5.96. The molecule has 0 unspecified atom stereocenters. The van der Waals surface area contributed by atoms with Gasteiger partial charge in [0.2, 0.25) is 0 Å². The molecule has 3 aromatic rings. The fourth-order valence-electron chi connectivity index (χ4n) is 2.24. The topological polar surface area (TPSA) is 64.4 Å². The van der Waals surface area contributed by atoms with E-state index in [9.17, 15) is 4.79 Å². The van der Waals surface area contributed by atoms with Crippen LogP contribution in [0.3, 0.4) is 0 Å². The Kier molecular flexibility index (Phi) is 4.38. The maximum atomic E-state index is 12.2. The molecule has 0 atom stereocenters. The van der Waals surface area contributed by atoms with E-state index in [1.54, 1.807) is 18.2 Å². The van der Waals surface area contributed by atoms with Gasteiger partial charge in [-0.3, -0.25) is 4.79 Å². The van der Waals surface area contributed by atoms with Gasteiger partial charge < -0.3 is 14.6 Å². The molecule has 1 amide bonds. The largest absolute Gasteiger partial charge is 0.496 e. The number of aromatic nitrogens is 1. The summed E-state index contributed by atoms with van der Waals surface area (Å²) in [7, 11) is 1.54. The molecule has 3 rings (SSSR count). The van der Waals surface area contributed by atoms with Gasteiger partial charge in [-0.15, -0.1) is 0 Å². The molecule has 1 N–H and O–H groups in total. The molecule has 0 aliphatic rings. The number of carbonyl (C=O) groups excluding carboxylic acids is 1. The van der Waals surface area contributed by atoms with E-state index < -0.39 is 0 Å². The third kappa shape index (κ3) is 3.40. The molecule has 5 heteroatoms. The summed E-state index contributed by atoms with van der Waals surface area (Å²) in [5.41, 5.74) is 2.20. The number of para-hydroxylation sites is 1. The summed E-state index contributed by atoms with van der Waals surface area (Å²) >= 11 is 0. The van der Waals surface area contributed by atoms with E-state index >= 15 is 0 Å². The number of benzene rings is 2. The number of nitrogens with one attached hydrogen (secondary N) is 1. The van der Waals surface area contributed by atoms with Crippen molar-refractivity contribution in [1.29, 1.82) is 0 Å². The molecule has 0 aliphatic heterocycles.